The minimum Gasteiger partial charge on any atom is -0.0890 e. The van der Waals surface area contributed by atoms with E-state index in [1.807, 2.05) is 24.3 Å². The molecule has 0 N–H and O–H groups in total. The van der Waals surface area contributed by atoms with Gasteiger partial charge in [-0.15, -0.1) is 0 Å². The Kier molecular flexibility index (Phi) is 3.24. The second-order valence-corrected chi connectivity index (χ2v) is 5.86. The average Bonchev–Trinajstić information content (AvgIpc) is 2.17. The third-order valence-corrected chi connectivity index (χ3v) is 3.77. The van der Waals surface area contributed by atoms with E-state index in [0.29, 0.717) is 5.03 Å². The average molecular weight is 304 g/mol. The number of hydrogen-bond donors (Lipinski definition) is 0. The van der Waals surface area contributed by atoms with Crippen molar-refractivity contribution in [3.8, 4) is 0 Å². The molecule has 1 aromatic rings. The van der Waals surface area contributed by atoms with Crippen molar-refractivity contribution in [3.63, 3.8) is 0 Å². The Bertz CT molecular complexity index is 423. The van der Waals surface area contributed by atoms with Gasteiger partial charge in [-0.3, -0.25) is 0 Å². The summed E-state index contributed by atoms with van der Waals surface area (Å²) in [7, 11) is 0. The summed E-state index contributed by atoms with van der Waals surface area (Å²) < 4.78 is -0.267. The zero-order valence-electron chi connectivity index (χ0n) is 7.88. The molecule has 1 atom stereocenters. The van der Waals surface area contributed by atoms with Gasteiger partial charge in [0, 0.05) is 16.5 Å². The van der Waals surface area contributed by atoms with E-state index in [-0.39, 0.29) is 4.32 Å². The fourth-order valence-electron chi connectivity index (χ4n) is 1.66. The number of rotatable bonds is 1. The molecule has 1 aromatic carbocycles. The molecule has 0 nitrogen and oxygen atoms in total. The maximum Gasteiger partial charge on any atom is 0.0751 e. The van der Waals surface area contributed by atoms with Crippen LogP contribution in [0, 0.1) is 0 Å². The molecule has 1 unspecified atom stereocenters. The Labute approximate surface area is 108 Å². The molecular formula is C12H9BrCl2. The molecule has 2 rings (SSSR count). The zero-order chi connectivity index (χ0) is 10.9. The molecule has 0 aromatic heterocycles. The standard InChI is InChI=1S/C12H9BrCl2/c13-12(9-4-2-1-3-5-9)7-10(14)6-11(15)8-12/h1-7H,8H2. The van der Waals surface area contributed by atoms with E-state index < -0.39 is 0 Å². The lowest BCUT2D eigenvalue weighted by atomic mass is 9.92. The van der Waals surface area contributed by atoms with Crippen LogP contribution in [-0.4, -0.2) is 0 Å². The lowest BCUT2D eigenvalue weighted by Crippen LogP contribution is -2.17. The second-order valence-electron chi connectivity index (χ2n) is 3.53. The highest BCUT2D eigenvalue weighted by Gasteiger charge is 2.30. The Morgan fingerprint density at radius 3 is 2.40 bits per heavy atom. The smallest absolute Gasteiger partial charge is 0.0751 e. The van der Waals surface area contributed by atoms with Crippen LogP contribution in [0.3, 0.4) is 0 Å². The van der Waals surface area contributed by atoms with E-state index in [1.165, 1.54) is 0 Å². The van der Waals surface area contributed by atoms with Crippen molar-refractivity contribution in [2.45, 2.75) is 10.7 Å². The number of benzene rings is 1. The predicted octanol–water partition coefficient (Wildman–Crippen LogP) is 4.93. The monoisotopic (exact) mass is 302 g/mol. The molecule has 15 heavy (non-hydrogen) atoms. The molecule has 0 radical (unpaired) electrons. The van der Waals surface area contributed by atoms with E-state index in [4.69, 9.17) is 23.2 Å². The van der Waals surface area contributed by atoms with Gasteiger partial charge in [0.2, 0.25) is 0 Å². The van der Waals surface area contributed by atoms with Gasteiger partial charge in [-0.1, -0.05) is 69.5 Å². The van der Waals surface area contributed by atoms with Crippen molar-refractivity contribution in [1.82, 2.24) is 0 Å². The Morgan fingerprint density at radius 2 is 1.80 bits per heavy atom. The normalized spacial score (nSPS) is 25.8. The summed E-state index contributed by atoms with van der Waals surface area (Å²) in [5.41, 5.74) is 1.16. The van der Waals surface area contributed by atoms with Crippen LogP contribution in [0.25, 0.3) is 0 Å². The van der Waals surface area contributed by atoms with Crippen LogP contribution in [0.15, 0.2) is 52.5 Å². The molecule has 0 aliphatic heterocycles. The van der Waals surface area contributed by atoms with Crippen LogP contribution in [0.4, 0.5) is 0 Å². The highest BCUT2D eigenvalue weighted by molar-refractivity contribution is 9.09. The molecule has 1 aliphatic rings. The number of halogens is 3. The lowest BCUT2D eigenvalue weighted by Gasteiger charge is -2.27. The number of alkyl halides is 1. The molecule has 0 fully saturated rings. The molecule has 0 amide bonds. The molecule has 1 aliphatic carbocycles. The van der Waals surface area contributed by atoms with Crippen molar-refractivity contribution in [3.05, 3.63) is 58.1 Å². The van der Waals surface area contributed by atoms with E-state index in [9.17, 15) is 0 Å². The van der Waals surface area contributed by atoms with Crippen molar-refractivity contribution < 1.29 is 0 Å². The summed E-state index contributed by atoms with van der Waals surface area (Å²) in [6, 6.07) is 10.1. The first-order valence-corrected chi connectivity index (χ1v) is 6.14. The van der Waals surface area contributed by atoms with Crippen LogP contribution in [0.5, 0.6) is 0 Å². The minimum atomic E-state index is -0.267. The molecular weight excluding hydrogens is 295 g/mol. The zero-order valence-corrected chi connectivity index (χ0v) is 11.0. The van der Waals surface area contributed by atoms with Gasteiger partial charge in [0.05, 0.1) is 4.32 Å². The van der Waals surface area contributed by atoms with Gasteiger partial charge < -0.3 is 0 Å². The maximum atomic E-state index is 6.05. The van der Waals surface area contributed by atoms with Gasteiger partial charge in [-0.2, -0.15) is 0 Å². The van der Waals surface area contributed by atoms with Gasteiger partial charge in [0.25, 0.3) is 0 Å². The quantitative estimate of drug-likeness (QED) is 0.646. The van der Waals surface area contributed by atoms with Gasteiger partial charge >= 0.3 is 0 Å². The fourth-order valence-corrected chi connectivity index (χ4v) is 3.47. The van der Waals surface area contributed by atoms with Gasteiger partial charge in [-0.25, -0.2) is 0 Å². The number of allylic oxidation sites excluding steroid dienone is 4. The summed E-state index contributed by atoms with van der Waals surface area (Å²) >= 11 is 15.8. The van der Waals surface area contributed by atoms with Crippen LogP contribution in [0.1, 0.15) is 12.0 Å². The summed E-state index contributed by atoms with van der Waals surface area (Å²) in [6.45, 7) is 0. The first kappa shape index (κ1) is 11.3. The predicted molar refractivity (Wildman–Crippen MR) is 69.5 cm³/mol. The maximum absolute atomic E-state index is 6.05. The summed E-state index contributed by atoms with van der Waals surface area (Å²) in [6.07, 6.45) is 4.50. The van der Waals surface area contributed by atoms with Crippen molar-refractivity contribution in [2.75, 3.05) is 0 Å². The summed E-state index contributed by atoms with van der Waals surface area (Å²) in [4.78, 5) is 0. The molecule has 78 valence electrons. The first-order chi connectivity index (χ1) is 7.10. The lowest BCUT2D eigenvalue weighted by molar-refractivity contribution is 0.785. The first-order valence-electron chi connectivity index (χ1n) is 4.59. The second kappa shape index (κ2) is 4.32. The molecule has 0 heterocycles. The Hall–Kier alpha value is -0.240. The SMILES string of the molecule is ClC1=CC(Br)(c2ccccc2)CC(Cl)=C1. The van der Waals surface area contributed by atoms with Crippen LogP contribution in [-0.2, 0) is 4.32 Å². The van der Waals surface area contributed by atoms with E-state index in [2.05, 4.69) is 28.1 Å². The van der Waals surface area contributed by atoms with E-state index in [1.54, 1.807) is 6.08 Å². The largest absolute Gasteiger partial charge is 0.0890 e. The number of hydrogen-bond acceptors (Lipinski definition) is 0. The fraction of sp³-hybridized carbons (Fsp3) is 0.167. The van der Waals surface area contributed by atoms with E-state index >= 15 is 0 Å². The van der Waals surface area contributed by atoms with Crippen molar-refractivity contribution >= 4 is 39.1 Å². The van der Waals surface area contributed by atoms with Gasteiger partial charge in [0.1, 0.15) is 0 Å². The van der Waals surface area contributed by atoms with Gasteiger partial charge in [0.15, 0.2) is 0 Å². The molecule has 0 bridgehead atoms. The summed E-state index contributed by atoms with van der Waals surface area (Å²) in [5, 5.41) is 1.44. The molecule has 3 heteroatoms. The Morgan fingerprint density at radius 1 is 1.13 bits per heavy atom. The van der Waals surface area contributed by atoms with Crippen molar-refractivity contribution in [1.29, 1.82) is 0 Å². The van der Waals surface area contributed by atoms with E-state index in [0.717, 1.165) is 17.0 Å². The third-order valence-electron chi connectivity index (χ3n) is 2.34. The third kappa shape index (κ3) is 2.47. The Balaban J connectivity index is 2.42. The molecule has 0 spiro atoms. The topological polar surface area (TPSA) is 0 Å². The van der Waals surface area contributed by atoms with Crippen molar-refractivity contribution in [2.24, 2.45) is 0 Å². The van der Waals surface area contributed by atoms with Crippen LogP contribution < -0.4 is 0 Å². The summed E-state index contributed by atoms with van der Waals surface area (Å²) in [5.74, 6) is 0. The van der Waals surface area contributed by atoms with Gasteiger partial charge in [-0.05, 0) is 17.7 Å². The van der Waals surface area contributed by atoms with Crippen LogP contribution >= 0.6 is 39.1 Å². The minimum absolute atomic E-state index is 0.267. The highest BCUT2D eigenvalue weighted by Crippen LogP contribution is 2.44. The highest BCUT2D eigenvalue weighted by atomic mass is 79.9. The molecule has 0 saturated carbocycles. The molecule has 0 saturated heterocycles. The van der Waals surface area contributed by atoms with Crippen LogP contribution in [0.2, 0.25) is 0 Å².